The number of carbonyl (C=O) groups is 2. The topological polar surface area (TPSA) is 49.9 Å². The molecule has 0 saturated carbocycles. The van der Waals surface area contributed by atoms with Crippen LogP contribution in [0.3, 0.4) is 0 Å². The van der Waals surface area contributed by atoms with Gasteiger partial charge in [-0.2, -0.15) is 0 Å². The number of piperidine rings is 1. The molecule has 5 nitrogen and oxygen atoms in total. The van der Waals surface area contributed by atoms with Crippen molar-refractivity contribution in [1.82, 2.24) is 4.90 Å². The third kappa shape index (κ3) is 11.5. The molecule has 7 heteroatoms. The summed E-state index contributed by atoms with van der Waals surface area (Å²) in [6, 6.07) is 4.33. The Bertz CT molecular complexity index is 705. The number of methoxy groups -OCH3 is 1. The van der Waals surface area contributed by atoms with E-state index in [2.05, 4.69) is 15.9 Å². The van der Waals surface area contributed by atoms with Gasteiger partial charge in [0.25, 0.3) is 0 Å². The Balaban J connectivity index is 0.000000970. The summed E-state index contributed by atoms with van der Waals surface area (Å²) in [5.41, 5.74) is 0.540. The molecule has 0 radical (unpaired) electrons. The Morgan fingerprint density at radius 3 is 2.45 bits per heavy atom. The highest BCUT2D eigenvalue weighted by Gasteiger charge is 2.19. The lowest BCUT2D eigenvalue weighted by molar-refractivity contribution is -0.120. The highest BCUT2D eigenvalue weighted by Crippen LogP contribution is 2.27. The van der Waals surface area contributed by atoms with Crippen molar-refractivity contribution in [1.29, 1.82) is 0 Å². The summed E-state index contributed by atoms with van der Waals surface area (Å²) in [5.74, 6) is -0.560. The molecule has 0 aliphatic carbocycles. The highest BCUT2D eigenvalue weighted by molar-refractivity contribution is 9.10. The largest absolute Gasteiger partial charge is 0.379 e. The molecule has 1 fully saturated rings. The lowest BCUT2D eigenvalue weighted by atomic mass is 10.0. The Morgan fingerprint density at radius 1 is 1.32 bits per heavy atom. The summed E-state index contributed by atoms with van der Waals surface area (Å²) in [5, 5.41) is 0. The Labute approximate surface area is 195 Å². The van der Waals surface area contributed by atoms with Crippen LogP contribution in [0.2, 0.25) is 0 Å². The van der Waals surface area contributed by atoms with Crippen molar-refractivity contribution in [2.75, 3.05) is 25.1 Å². The molecule has 0 aromatic heterocycles. The van der Waals surface area contributed by atoms with E-state index in [-0.39, 0.29) is 17.6 Å². The van der Waals surface area contributed by atoms with E-state index in [1.54, 1.807) is 18.1 Å². The number of ether oxygens (including phenoxy) is 1. The zero-order chi connectivity index (χ0) is 24.0. The van der Waals surface area contributed by atoms with Crippen LogP contribution in [0.25, 0.3) is 0 Å². The quantitative estimate of drug-likeness (QED) is 0.369. The van der Waals surface area contributed by atoms with Gasteiger partial charge in [-0.1, -0.05) is 26.0 Å². The first-order chi connectivity index (χ1) is 14.6. The van der Waals surface area contributed by atoms with Crippen LogP contribution in [-0.2, 0) is 14.3 Å². The number of benzene rings is 1. The minimum absolute atomic E-state index is 0.0417. The molecule has 31 heavy (non-hydrogen) atoms. The van der Waals surface area contributed by atoms with Gasteiger partial charge in [0.2, 0.25) is 12.3 Å². The summed E-state index contributed by atoms with van der Waals surface area (Å²) < 4.78 is 19.1. The van der Waals surface area contributed by atoms with Crippen LogP contribution in [0.1, 0.15) is 60.8 Å². The van der Waals surface area contributed by atoms with Crippen LogP contribution in [0.15, 0.2) is 34.8 Å². The average Bonchev–Trinajstić information content (AvgIpc) is 2.74. The molecule has 1 aliphatic heterocycles. The molecule has 1 atom stereocenters. The number of carbonyl (C=O) groups excluding carboxylic acids is 2. The van der Waals surface area contributed by atoms with Gasteiger partial charge in [0.05, 0.1) is 11.3 Å². The lowest BCUT2D eigenvalue weighted by Crippen LogP contribution is -2.37. The van der Waals surface area contributed by atoms with Crippen molar-refractivity contribution in [3.63, 3.8) is 0 Å². The minimum atomic E-state index is -0.391. The summed E-state index contributed by atoms with van der Waals surface area (Å²) in [6.07, 6.45) is 7.74. The molecule has 1 unspecified atom stereocenters. The minimum Gasteiger partial charge on any atom is -0.379 e. The number of hydrogen-bond acceptors (Lipinski definition) is 3. The van der Waals surface area contributed by atoms with Crippen molar-refractivity contribution in [2.24, 2.45) is 0 Å². The second-order valence-corrected chi connectivity index (χ2v) is 8.73. The normalized spacial score (nSPS) is 16.0. The molecule has 0 spiro atoms. The number of amides is 2. The Kier molecular flexibility index (Phi) is 14.3. The Hall–Kier alpha value is -1.73. The summed E-state index contributed by atoms with van der Waals surface area (Å²) in [7, 11) is 1.71. The fourth-order valence-corrected chi connectivity index (χ4v) is 3.19. The molecule has 1 aromatic rings. The third-order valence-corrected chi connectivity index (χ3v) is 5.24. The van der Waals surface area contributed by atoms with E-state index in [1.807, 2.05) is 46.8 Å². The zero-order valence-corrected chi connectivity index (χ0v) is 21.5. The van der Waals surface area contributed by atoms with E-state index in [1.165, 1.54) is 24.0 Å². The monoisotopic (exact) mass is 500 g/mol. The van der Waals surface area contributed by atoms with Crippen molar-refractivity contribution in [3.05, 3.63) is 40.6 Å². The van der Waals surface area contributed by atoms with Crippen molar-refractivity contribution in [3.8, 4) is 0 Å². The number of hydrogen-bond donors (Lipinski definition) is 0. The fourth-order valence-electron chi connectivity index (χ4n) is 2.73. The van der Waals surface area contributed by atoms with E-state index < -0.39 is 5.82 Å². The van der Waals surface area contributed by atoms with E-state index >= 15 is 0 Å². The number of rotatable bonds is 5. The molecule has 176 valence electrons. The molecule has 2 amide bonds. The van der Waals surface area contributed by atoms with E-state index in [4.69, 9.17) is 4.74 Å². The predicted molar refractivity (Wildman–Crippen MR) is 130 cm³/mol. The summed E-state index contributed by atoms with van der Waals surface area (Å²) in [6.45, 7) is 12.6. The van der Waals surface area contributed by atoms with Gasteiger partial charge in [0.15, 0.2) is 0 Å². The first kappa shape index (κ1) is 29.3. The van der Waals surface area contributed by atoms with Crippen LogP contribution >= 0.6 is 15.9 Å². The maximum absolute atomic E-state index is 13.5. The SMILES string of the molecule is CC.CC(=O)N(C/C=C/C1CCCCN1C=O)c1cc(F)ccc1Br.COC(C)(C)C. The number of anilines is 1. The average molecular weight is 501 g/mol. The molecule has 1 saturated heterocycles. The van der Waals surface area contributed by atoms with Crippen LogP contribution < -0.4 is 4.90 Å². The van der Waals surface area contributed by atoms with Crippen molar-refractivity contribution >= 4 is 33.9 Å². The number of likely N-dealkylation sites (tertiary alicyclic amines) is 1. The Morgan fingerprint density at radius 2 is 1.94 bits per heavy atom. The van der Waals surface area contributed by atoms with E-state index in [0.717, 1.165) is 32.2 Å². The molecule has 1 aromatic carbocycles. The predicted octanol–water partition coefficient (Wildman–Crippen LogP) is 5.97. The summed E-state index contributed by atoms with van der Waals surface area (Å²) in [4.78, 5) is 26.2. The van der Waals surface area contributed by atoms with Gasteiger partial charge >= 0.3 is 0 Å². The zero-order valence-electron chi connectivity index (χ0n) is 20.0. The molecular weight excluding hydrogens is 463 g/mol. The van der Waals surface area contributed by atoms with Crippen LogP contribution in [-0.4, -0.2) is 49.1 Å². The first-order valence-corrected chi connectivity index (χ1v) is 11.5. The third-order valence-electron chi connectivity index (χ3n) is 4.57. The van der Waals surface area contributed by atoms with E-state index in [0.29, 0.717) is 16.7 Å². The molecule has 1 aliphatic rings. The summed E-state index contributed by atoms with van der Waals surface area (Å²) >= 11 is 3.35. The van der Waals surface area contributed by atoms with Gasteiger partial charge in [0.1, 0.15) is 5.82 Å². The van der Waals surface area contributed by atoms with Gasteiger partial charge < -0.3 is 14.5 Å². The maximum Gasteiger partial charge on any atom is 0.224 e. The second kappa shape index (κ2) is 15.1. The second-order valence-electron chi connectivity index (χ2n) is 7.88. The van der Waals surface area contributed by atoms with Crippen molar-refractivity contribution < 1.29 is 18.7 Å². The molecule has 0 bridgehead atoms. The van der Waals surface area contributed by atoms with Gasteiger partial charge in [-0.3, -0.25) is 9.59 Å². The van der Waals surface area contributed by atoms with Gasteiger partial charge in [0, 0.05) is 37.6 Å². The standard InChI is InChI=1S/C17H20BrFN2O2.C5H12O.C2H6/c1-13(23)21(17-11-14(19)7-8-16(17)18)10-4-6-15-5-2-3-9-20(15)12-22;1-5(2,3)6-4;1-2/h4,6-8,11-12,15H,2-3,5,9-10H2,1H3;1-4H3;1-2H3/b6-4+;;. The molecular formula is C24H38BrFN2O3. The molecule has 1 heterocycles. The highest BCUT2D eigenvalue weighted by atomic mass is 79.9. The molecule has 2 rings (SSSR count). The smallest absolute Gasteiger partial charge is 0.224 e. The number of halogens is 2. The number of nitrogens with zero attached hydrogens (tertiary/aromatic N) is 2. The van der Waals surface area contributed by atoms with Crippen LogP contribution in [0.5, 0.6) is 0 Å². The van der Waals surface area contributed by atoms with Gasteiger partial charge in [-0.05, 0) is 74.2 Å². The van der Waals surface area contributed by atoms with Crippen molar-refractivity contribution in [2.45, 2.75) is 72.4 Å². The lowest BCUT2D eigenvalue weighted by Gasteiger charge is -2.30. The van der Waals surface area contributed by atoms with Gasteiger partial charge in [-0.25, -0.2) is 4.39 Å². The first-order valence-electron chi connectivity index (χ1n) is 10.7. The van der Waals surface area contributed by atoms with Gasteiger partial charge in [-0.15, -0.1) is 0 Å². The molecule has 0 N–H and O–H groups in total. The van der Waals surface area contributed by atoms with Crippen LogP contribution in [0, 0.1) is 5.82 Å². The maximum atomic E-state index is 13.5. The van der Waals surface area contributed by atoms with E-state index in [9.17, 15) is 14.0 Å². The van der Waals surface area contributed by atoms with Crippen LogP contribution in [0.4, 0.5) is 10.1 Å². The fraction of sp³-hybridized carbons (Fsp3) is 0.583.